The number of nitrogens with one attached hydrogen (secondary N) is 1. The smallest absolute Gasteiger partial charge is 0.260 e. The lowest BCUT2D eigenvalue weighted by Crippen LogP contribution is -2.20. The Balaban J connectivity index is 0.00000128. The Kier molecular flexibility index (Phi) is 3.52. The Morgan fingerprint density at radius 2 is 1.56 bits per heavy atom. The number of benzene rings is 1. The highest BCUT2D eigenvalue weighted by Gasteiger charge is 2.33. The van der Waals surface area contributed by atoms with Crippen molar-refractivity contribution < 1.29 is 14.3 Å². The molecule has 0 unspecified atom stereocenters. The number of imide groups is 1. The van der Waals surface area contributed by atoms with Crippen LogP contribution >= 0.6 is 35.8 Å². The molecule has 2 rings (SSSR count). The number of hydrogen-bond acceptors (Lipinski definition) is 3. The van der Waals surface area contributed by atoms with E-state index in [4.69, 9.17) is 23.2 Å². The fourth-order valence-corrected chi connectivity index (χ4v) is 2.36. The largest absolute Gasteiger partial charge is 0.288 e. The van der Waals surface area contributed by atoms with E-state index in [0.29, 0.717) is 10.5 Å². The number of amides is 2. The standard InChI is InChI=1S/C9H5Cl2NO2S.FH/c1-2-5(10)6(11)3-4(7(2)15)9(14)12-8(3)13;/h15H,1H3,(H,12,13,14);1H. The second kappa shape index (κ2) is 4.24. The SMILES string of the molecule is Cc1c(S)c2c(c(Cl)c1Cl)C(=O)NC2=O.F. The zero-order chi connectivity index (χ0) is 11.3. The van der Waals surface area contributed by atoms with Crippen LogP contribution < -0.4 is 5.32 Å². The second-order valence-corrected chi connectivity index (χ2v) is 4.34. The van der Waals surface area contributed by atoms with Crippen molar-refractivity contribution in [3.8, 4) is 0 Å². The van der Waals surface area contributed by atoms with Gasteiger partial charge in [-0.05, 0) is 12.5 Å². The van der Waals surface area contributed by atoms with Gasteiger partial charge in [0.25, 0.3) is 11.8 Å². The van der Waals surface area contributed by atoms with Gasteiger partial charge in [0.15, 0.2) is 0 Å². The van der Waals surface area contributed by atoms with E-state index in [1.165, 1.54) is 0 Å². The summed E-state index contributed by atoms with van der Waals surface area (Å²) in [4.78, 5) is 23.2. The summed E-state index contributed by atoms with van der Waals surface area (Å²) in [6.45, 7) is 1.69. The third-order valence-electron chi connectivity index (χ3n) is 2.26. The molecular weight excluding hydrogens is 276 g/mol. The van der Waals surface area contributed by atoms with Crippen LogP contribution in [0.5, 0.6) is 0 Å². The molecule has 1 N–H and O–H groups in total. The molecule has 7 heteroatoms. The molecule has 0 spiro atoms. The molecule has 0 bridgehead atoms. The molecule has 1 aliphatic heterocycles. The van der Waals surface area contributed by atoms with E-state index >= 15 is 0 Å². The van der Waals surface area contributed by atoms with Crippen molar-refractivity contribution in [2.75, 3.05) is 0 Å². The lowest BCUT2D eigenvalue weighted by atomic mass is 10.1. The number of carbonyl (C=O) groups is 2. The van der Waals surface area contributed by atoms with E-state index in [1.54, 1.807) is 6.92 Å². The van der Waals surface area contributed by atoms with Crippen molar-refractivity contribution in [3.63, 3.8) is 0 Å². The highest BCUT2D eigenvalue weighted by atomic mass is 35.5. The van der Waals surface area contributed by atoms with Crippen molar-refractivity contribution in [2.24, 2.45) is 0 Å². The number of carbonyl (C=O) groups excluding carboxylic acids is 2. The van der Waals surface area contributed by atoms with Crippen molar-refractivity contribution in [3.05, 3.63) is 26.7 Å². The molecule has 1 aromatic rings. The van der Waals surface area contributed by atoms with E-state index in [9.17, 15) is 9.59 Å². The molecule has 0 saturated heterocycles. The third kappa shape index (κ3) is 1.59. The molecule has 0 radical (unpaired) electrons. The van der Waals surface area contributed by atoms with Crippen LogP contribution in [0.2, 0.25) is 10.0 Å². The van der Waals surface area contributed by atoms with Crippen LogP contribution in [0.1, 0.15) is 26.3 Å². The summed E-state index contributed by atoms with van der Waals surface area (Å²) in [7, 11) is 0. The summed E-state index contributed by atoms with van der Waals surface area (Å²) in [5.41, 5.74) is 0.908. The fourth-order valence-electron chi connectivity index (χ4n) is 1.46. The van der Waals surface area contributed by atoms with Crippen LogP contribution in [0.15, 0.2) is 4.90 Å². The zero-order valence-corrected chi connectivity index (χ0v) is 10.3. The number of rotatable bonds is 0. The lowest BCUT2D eigenvalue weighted by Gasteiger charge is -2.08. The zero-order valence-electron chi connectivity index (χ0n) is 7.93. The third-order valence-corrected chi connectivity index (χ3v) is 3.77. The van der Waals surface area contributed by atoms with Gasteiger partial charge in [-0.1, -0.05) is 23.2 Å². The van der Waals surface area contributed by atoms with E-state index in [0.717, 1.165) is 0 Å². The Morgan fingerprint density at radius 3 is 2.12 bits per heavy atom. The Labute approximate surface area is 106 Å². The maximum Gasteiger partial charge on any atom is 0.260 e. The van der Waals surface area contributed by atoms with Crippen molar-refractivity contribution >= 4 is 47.6 Å². The van der Waals surface area contributed by atoms with Crippen molar-refractivity contribution in [1.82, 2.24) is 5.32 Å². The number of thiol groups is 1. The minimum Gasteiger partial charge on any atom is -0.288 e. The normalized spacial score (nSPS) is 13.2. The topological polar surface area (TPSA) is 46.2 Å². The number of halogens is 3. The van der Waals surface area contributed by atoms with E-state index < -0.39 is 11.8 Å². The van der Waals surface area contributed by atoms with Gasteiger partial charge in [-0.3, -0.25) is 19.6 Å². The van der Waals surface area contributed by atoms with Gasteiger partial charge in [0.1, 0.15) is 0 Å². The first kappa shape index (κ1) is 13.3. The minimum absolute atomic E-state index is 0. The summed E-state index contributed by atoms with van der Waals surface area (Å²) in [5, 5.41) is 2.51. The summed E-state index contributed by atoms with van der Waals surface area (Å²) in [6.07, 6.45) is 0. The molecule has 16 heavy (non-hydrogen) atoms. The predicted octanol–water partition coefficient (Wildman–Crippen LogP) is 2.63. The molecule has 3 nitrogen and oxygen atoms in total. The van der Waals surface area contributed by atoms with Crippen LogP contribution in [0.25, 0.3) is 0 Å². The summed E-state index contributed by atoms with van der Waals surface area (Å²) in [6, 6.07) is 0. The Hall–Kier alpha value is -0.780. The highest BCUT2D eigenvalue weighted by molar-refractivity contribution is 7.80. The quantitative estimate of drug-likeness (QED) is 0.567. The minimum atomic E-state index is -0.530. The maximum atomic E-state index is 11.4. The fraction of sp³-hybridized carbons (Fsp3) is 0.111. The van der Waals surface area contributed by atoms with Crippen LogP contribution in [-0.2, 0) is 0 Å². The molecule has 0 aliphatic carbocycles. The Bertz CT molecular complexity index is 474. The van der Waals surface area contributed by atoms with Crippen LogP contribution in [0.4, 0.5) is 4.70 Å². The van der Waals surface area contributed by atoms with Gasteiger partial charge in [0.05, 0.1) is 21.2 Å². The van der Waals surface area contributed by atoms with E-state index in [1.807, 2.05) is 0 Å². The monoisotopic (exact) mass is 281 g/mol. The lowest BCUT2D eigenvalue weighted by molar-refractivity contribution is 0.0879. The maximum absolute atomic E-state index is 11.4. The van der Waals surface area contributed by atoms with Crippen LogP contribution in [-0.4, -0.2) is 11.8 Å². The first-order valence-corrected chi connectivity index (χ1v) is 5.21. The van der Waals surface area contributed by atoms with Gasteiger partial charge in [-0.2, -0.15) is 0 Å². The van der Waals surface area contributed by atoms with Gasteiger partial charge >= 0.3 is 0 Å². The summed E-state index contributed by atoms with van der Waals surface area (Å²) in [5.74, 6) is -1.01. The second-order valence-electron chi connectivity index (χ2n) is 3.13. The molecule has 86 valence electrons. The van der Waals surface area contributed by atoms with Gasteiger partial charge in [0, 0.05) is 4.90 Å². The first-order valence-electron chi connectivity index (χ1n) is 4.01. The van der Waals surface area contributed by atoms with Crippen LogP contribution in [0, 0.1) is 6.92 Å². The van der Waals surface area contributed by atoms with Gasteiger partial charge in [0.2, 0.25) is 0 Å². The molecule has 1 aromatic carbocycles. The molecule has 0 saturated carbocycles. The molecule has 0 aromatic heterocycles. The highest BCUT2D eigenvalue weighted by Crippen LogP contribution is 2.38. The van der Waals surface area contributed by atoms with Gasteiger partial charge in [-0.15, -0.1) is 12.6 Å². The molecule has 1 heterocycles. The summed E-state index contributed by atoms with van der Waals surface area (Å²) < 4.78 is 0. The first-order chi connectivity index (χ1) is 6.95. The predicted molar refractivity (Wildman–Crippen MR) is 62.8 cm³/mol. The average molecular weight is 282 g/mol. The molecule has 0 atom stereocenters. The molecule has 0 fully saturated rings. The van der Waals surface area contributed by atoms with Gasteiger partial charge < -0.3 is 0 Å². The van der Waals surface area contributed by atoms with Crippen LogP contribution in [0.3, 0.4) is 0 Å². The molecular formula is C9H6Cl2FNO2S. The summed E-state index contributed by atoms with van der Waals surface area (Å²) >= 11 is 16.0. The van der Waals surface area contributed by atoms with Crippen molar-refractivity contribution in [1.29, 1.82) is 0 Å². The molecule has 2 amide bonds. The molecule has 1 aliphatic rings. The van der Waals surface area contributed by atoms with E-state index in [-0.39, 0.29) is 25.9 Å². The van der Waals surface area contributed by atoms with Crippen molar-refractivity contribution in [2.45, 2.75) is 11.8 Å². The average Bonchev–Trinajstić information content (AvgIpc) is 2.47. The number of hydrogen-bond donors (Lipinski definition) is 2. The number of fused-ring (bicyclic) bond motifs is 1. The Morgan fingerprint density at radius 1 is 1.06 bits per heavy atom. The van der Waals surface area contributed by atoms with E-state index in [2.05, 4.69) is 17.9 Å². The van der Waals surface area contributed by atoms with Gasteiger partial charge in [-0.25, -0.2) is 0 Å².